The Morgan fingerprint density at radius 3 is 2.57 bits per heavy atom. The van der Waals surface area contributed by atoms with Crippen molar-refractivity contribution in [3.63, 3.8) is 0 Å². The van der Waals surface area contributed by atoms with E-state index in [4.69, 9.17) is 4.74 Å². The lowest BCUT2D eigenvalue weighted by Gasteiger charge is -2.38. The molecule has 0 aliphatic heterocycles. The zero-order valence-corrected chi connectivity index (χ0v) is 14.1. The van der Waals surface area contributed by atoms with E-state index in [1.165, 1.54) is 6.07 Å². The van der Waals surface area contributed by atoms with Crippen molar-refractivity contribution in [2.45, 2.75) is 65.5 Å². The van der Waals surface area contributed by atoms with Gasteiger partial charge in [0.1, 0.15) is 5.82 Å². The molecule has 1 rings (SSSR count). The molecule has 0 aromatic heterocycles. The Hall–Kier alpha value is -0.930. The molecule has 1 aromatic carbocycles. The lowest BCUT2D eigenvalue weighted by Crippen LogP contribution is -2.52. The molecule has 2 nitrogen and oxygen atoms in total. The molecule has 1 N–H and O–H groups in total. The number of hydrogen-bond acceptors (Lipinski definition) is 2. The molecule has 2 unspecified atom stereocenters. The quantitative estimate of drug-likeness (QED) is 0.735. The van der Waals surface area contributed by atoms with Gasteiger partial charge in [0.05, 0.1) is 5.60 Å². The van der Waals surface area contributed by atoms with Crippen LogP contribution in [0, 0.1) is 12.7 Å². The minimum Gasteiger partial charge on any atom is -0.374 e. The van der Waals surface area contributed by atoms with Gasteiger partial charge in [-0.05, 0) is 69.8 Å². The average Bonchev–Trinajstić information content (AvgIpc) is 2.47. The summed E-state index contributed by atoms with van der Waals surface area (Å²) in [7, 11) is 0. The summed E-state index contributed by atoms with van der Waals surface area (Å²) >= 11 is 0. The summed E-state index contributed by atoms with van der Waals surface area (Å²) in [5, 5.41) is 3.59. The first kappa shape index (κ1) is 18.1. The fraction of sp³-hybridized carbons (Fsp3) is 0.667. The molecular formula is C18H30FNO. The molecule has 0 aliphatic carbocycles. The van der Waals surface area contributed by atoms with Gasteiger partial charge in [0.25, 0.3) is 0 Å². The van der Waals surface area contributed by atoms with Gasteiger partial charge in [0.2, 0.25) is 0 Å². The van der Waals surface area contributed by atoms with Gasteiger partial charge in [0, 0.05) is 12.6 Å². The number of ether oxygens (including phenoxy) is 1. The third-order valence-electron chi connectivity index (χ3n) is 4.29. The molecule has 1 aromatic rings. The summed E-state index contributed by atoms with van der Waals surface area (Å²) < 4.78 is 19.5. The van der Waals surface area contributed by atoms with E-state index in [0.717, 1.165) is 36.9 Å². The first-order valence-electron chi connectivity index (χ1n) is 8.09. The monoisotopic (exact) mass is 295 g/mol. The van der Waals surface area contributed by atoms with E-state index in [-0.39, 0.29) is 17.5 Å². The minimum atomic E-state index is -0.233. The second kappa shape index (κ2) is 8.50. The molecule has 0 spiro atoms. The second-order valence-corrected chi connectivity index (χ2v) is 5.88. The third-order valence-corrected chi connectivity index (χ3v) is 4.29. The maximum atomic E-state index is 13.5. The lowest BCUT2D eigenvalue weighted by molar-refractivity contribution is -0.0550. The van der Waals surface area contributed by atoms with Crippen molar-refractivity contribution < 1.29 is 9.13 Å². The number of halogens is 1. The van der Waals surface area contributed by atoms with Crippen LogP contribution in [-0.4, -0.2) is 24.8 Å². The molecule has 0 aliphatic rings. The lowest BCUT2D eigenvalue weighted by atomic mass is 9.87. The Kier molecular flexibility index (Phi) is 7.33. The third kappa shape index (κ3) is 5.08. The van der Waals surface area contributed by atoms with E-state index in [9.17, 15) is 4.39 Å². The molecular weight excluding hydrogens is 265 g/mol. The molecule has 0 fully saturated rings. The predicted octanol–water partition coefficient (Wildman–Crippen LogP) is 4.25. The topological polar surface area (TPSA) is 21.3 Å². The fourth-order valence-electron chi connectivity index (χ4n) is 2.68. The maximum Gasteiger partial charge on any atom is 0.123 e. The number of aryl methyl sites for hydroxylation is 1. The second-order valence-electron chi connectivity index (χ2n) is 5.88. The van der Waals surface area contributed by atoms with Gasteiger partial charge >= 0.3 is 0 Å². The van der Waals surface area contributed by atoms with Crippen LogP contribution >= 0.6 is 0 Å². The Bertz CT molecular complexity index is 435. The van der Waals surface area contributed by atoms with Crippen molar-refractivity contribution in [2.24, 2.45) is 0 Å². The highest BCUT2D eigenvalue weighted by Gasteiger charge is 2.33. The summed E-state index contributed by atoms with van der Waals surface area (Å²) in [5.74, 6) is -0.167. The van der Waals surface area contributed by atoms with Crippen molar-refractivity contribution in [1.29, 1.82) is 0 Å². The molecule has 0 heterocycles. The molecule has 0 bridgehead atoms. The van der Waals surface area contributed by atoms with Crippen LogP contribution in [0.5, 0.6) is 0 Å². The van der Waals surface area contributed by atoms with Gasteiger partial charge < -0.3 is 10.1 Å². The summed E-state index contributed by atoms with van der Waals surface area (Å²) in [6.45, 7) is 12.2. The predicted molar refractivity (Wildman–Crippen MR) is 87.2 cm³/mol. The summed E-state index contributed by atoms with van der Waals surface area (Å²) in [6.07, 6.45) is 2.79. The molecule has 0 saturated heterocycles. The van der Waals surface area contributed by atoms with E-state index in [2.05, 4.69) is 26.1 Å². The highest BCUT2D eigenvalue weighted by molar-refractivity contribution is 5.28. The largest absolute Gasteiger partial charge is 0.374 e. The maximum absolute atomic E-state index is 13.5. The van der Waals surface area contributed by atoms with Crippen molar-refractivity contribution in [1.82, 2.24) is 5.32 Å². The first-order valence-corrected chi connectivity index (χ1v) is 8.09. The van der Waals surface area contributed by atoms with Gasteiger partial charge in [0.15, 0.2) is 0 Å². The van der Waals surface area contributed by atoms with Gasteiger partial charge in [-0.1, -0.05) is 19.9 Å². The van der Waals surface area contributed by atoms with Crippen LogP contribution in [-0.2, 0) is 11.2 Å². The highest BCUT2D eigenvalue weighted by atomic mass is 19.1. The smallest absolute Gasteiger partial charge is 0.123 e. The highest BCUT2D eigenvalue weighted by Crippen LogP contribution is 2.25. The van der Waals surface area contributed by atoms with Crippen LogP contribution in [0.1, 0.15) is 51.7 Å². The molecule has 120 valence electrons. The van der Waals surface area contributed by atoms with Crippen LogP contribution in [0.25, 0.3) is 0 Å². The minimum absolute atomic E-state index is 0.167. The van der Waals surface area contributed by atoms with Gasteiger partial charge in [-0.25, -0.2) is 4.39 Å². The molecule has 0 saturated carbocycles. The van der Waals surface area contributed by atoms with E-state index in [1.807, 2.05) is 19.9 Å². The van der Waals surface area contributed by atoms with E-state index in [1.54, 1.807) is 6.07 Å². The van der Waals surface area contributed by atoms with Crippen LogP contribution in [0.4, 0.5) is 4.39 Å². The fourth-order valence-corrected chi connectivity index (χ4v) is 2.68. The average molecular weight is 295 g/mol. The van der Waals surface area contributed by atoms with Crippen molar-refractivity contribution in [3.8, 4) is 0 Å². The van der Waals surface area contributed by atoms with Crippen LogP contribution in [0.3, 0.4) is 0 Å². The standard InChI is InChI=1S/C18H30FNO/c1-6-11-20-17(18(5,7-2)21-8-3)13-15-12-16(19)10-9-14(15)4/h9-10,12,17,20H,6-8,11,13H2,1-5H3. The number of benzene rings is 1. The summed E-state index contributed by atoms with van der Waals surface area (Å²) in [4.78, 5) is 0. The Labute approximate surface area is 129 Å². The number of rotatable bonds is 9. The van der Waals surface area contributed by atoms with Gasteiger partial charge in [-0.2, -0.15) is 0 Å². The molecule has 0 amide bonds. The van der Waals surface area contributed by atoms with Crippen LogP contribution < -0.4 is 5.32 Å². The number of hydrogen-bond donors (Lipinski definition) is 1. The zero-order valence-electron chi connectivity index (χ0n) is 14.1. The van der Waals surface area contributed by atoms with E-state index >= 15 is 0 Å². The van der Waals surface area contributed by atoms with E-state index in [0.29, 0.717) is 6.61 Å². The Balaban J connectivity index is 2.98. The zero-order chi connectivity index (χ0) is 15.9. The van der Waals surface area contributed by atoms with Crippen molar-refractivity contribution in [3.05, 3.63) is 35.1 Å². The summed E-state index contributed by atoms with van der Waals surface area (Å²) in [5.41, 5.74) is 1.96. The van der Waals surface area contributed by atoms with E-state index < -0.39 is 0 Å². The molecule has 0 radical (unpaired) electrons. The molecule has 2 atom stereocenters. The van der Waals surface area contributed by atoms with Gasteiger partial charge in [-0.15, -0.1) is 0 Å². The number of nitrogens with one attached hydrogen (secondary N) is 1. The van der Waals surface area contributed by atoms with Gasteiger partial charge in [-0.3, -0.25) is 0 Å². The van der Waals surface area contributed by atoms with Crippen molar-refractivity contribution in [2.75, 3.05) is 13.2 Å². The SMILES string of the molecule is CCCNC(Cc1cc(F)ccc1C)C(C)(CC)OCC. The normalized spacial score (nSPS) is 15.7. The Morgan fingerprint density at radius 1 is 1.29 bits per heavy atom. The molecule has 3 heteroatoms. The van der Waals surface area contributed by atoms with Crippen molar-refractivity contribution >= 4 is 0 Å². The van der Waals surface area contributed by atoms with Crippen LogP contribution in [0.2, 0.25) is 0 Å². The first-order chi connectivity index (χ1) is 9.96. The van der Waals surface area contributed by atoms with Crippen LogP contribution in [0.15, 0.2) is 18.2 Å². The Morgan fingerprint density at radius 2 is 2.00 bits per heavy atom. The molecule has 21 heavy (non-hydrogen) atoms. The summed E-state index contributed by atoms with van der Waals surface area (Å²) in [6, 6.07) is 5.21.